The van der Waals surface area contributed by atoms with Gasteiger partial charge in [0.1, 0.15) is 6.04 Å². The Bertz CT molecular complexity index is 351. The number of amides is 3. The van der Waals surface area contributed by atoms with E-state index in [0.29, 0.717) is 6.54 Å². The first kappa shape index (κ1) is 15.5. The van der Waals surface area contributed by atoms with E-state index < -0.39 is 12.1 Å². The van der Waals surface area contributed by atoms with Gasteiger partial charge in [-0.05, 0) is 38.0 Å². The molecule has 0 spiro atoms. The molecule has 1 aliphatic rings. The third-order valence-corrected chi connectivity index (χ3v) is 3.38. The van der Waals surface area contributed by atoms with Gasteiger partial charge in [-0.15, -0.1) is 0 Å². The van der Waals surface area contributed by atoms with Gasteiger partial charge in [-0.2, -0.15) is 0 Å². The second kappa shape index (κ2) is 7.81. The van der Waals surface area contributed by atoms with Crippen LogP contribution in [-0.2, 0) is 4.79 Å². The molecule has 0 unspecified atom stereocenters. The molecule has 0 saturated heterocycles. The second-order valence-electron chi connectivity index (χ2n) is 5.38. The zero-order valence-electron chi connectivity index (χ0n) is 11.9. The number of hydrogen-bond acceptors (Lipinski definition) is 2. The fourth-order valence-electron chi connectivity index (χ4n) is 2.28. The van der Waals surface area contributed by atoms with E-state index in [2.05, 4.69) is 16.7 Å². The van der Waals surface area contributed by atoms with E-state index >= 15 is 0 Å². The third kappa shape index (κ3) is 5.77. The van der Waals surface area contributed by atoms with E-state index in [4.69, 9.17) is 5.73 Å². The summed E-state index contributed by atoms with van der Waals surface area (Å²) in [7, 11) is 0. The van der Waals surface area contributed by atoms with Gasteiger partial charge in [0.25, 0.3) is 0 Å². The average molecular weight is 267 g/mol. The molecule has 4 N–H and O–H groups in total. The molecule has 108 valence electrons. The molecular formula is C14H25N3O2. The number of nitrogens with two attached hydrogens (primary N) is 1. The Kier molecular flexibility index (Phi) is 6.39. The van der Waals surface area contributed by atoms with Crippen LogP contribution in [0.25, 0.3) is 0 Å². The highest BCUT2D eigenvalue weighted by atomic mass is 16.2. The van der Waals surface area contributed by atoms with Gasteiger partial charge < -0.3 is 16.4 Å². The van der Waals surface area contributed by atoms with Crippen LogP contribution in [0.5, 0.6) is 0 Å². The smallest absolute Gasteiger partial charge is 0.312 e. The zero-order valence-corrected chi connectivity index (χ0v) is 11.9. The zero-order chi connectivity index (χ0) is 14.3. The molecule has 0 fully saturated rings. The summed E-state index contributed by atoms with van der Waals surface area (Å²) in [6.45, 7) is 4.38. The van der Waals surface area contributed by atoms with E-state index in [0.717, 1.165) is 19.3 Å². The molecule has 3 amide bonds. The fourth-order valence-corrected chi connectivity index (χ4v) is 2.28. The highest BCUT2D eigenvalue weighted by Crippen LogP contribution is 2.19. The SMILES string of the molecule is CC(C)[C@@H](NC(N)=O)C(=O)NCCC1=CCCCC1. The lowest BCUT2D eigenvalue weighted by Gasteiger charge is -2.21. The van der Waals surface area contributed by atoms with Crippen LogP contribution < -0.4 is 16.4 Å². The van der Waals surface area contributed by atoms with Gasteiger partial charge in [0.15, 0.2) is 0 Å². The Balaban J connectivity index is 2.35. The molecule has 1 aliphatic carbocycles. The maximum atomic E-state index is 12.0. The van der Waals surface area contributed by atoms with Gasteiger partial charge in [0, 0.05) is 6.54 Å². The van der Waals surface area contributed by atoms with Crippen LogP contribution in [0.15, 0.2) is 11.6 Å². The summed E-state index contributed by atoms with van der Waals surface area (Å²) < 4.78 is 0. The van der Waals surface area contributed by atoms with Crippen molar-refractivity contribution in [1.82, 2.24) is 10.6 Å². The highest BCUT2D eigenvalue weighted by Gasteiger charge is 2.22. The van der Waals surface area contributed by atoms with E-state index in [1.54, 1.807) is 0 Å². The first-order valence-electron chi connectivity index (χ1n) is 7.02. The Morgan fingerprint density at radius 1 is 1.37 bits per heavy atom. The molecule has 1 rings (SSSR count). The fraction of sp³-hybridized carbons (Fsp3) is 0.714. The summed E-state index contributed by atoms with van der Waals surface area (Å²) in [5, 5.41) is 5.35. The van der Waals surface area contributed by atoms with E-state index in [1.807, 2.05) is 13.8 Å². The molecule has 5 nitrogen and oxygen atoms in total. The van der Waals surface area contributed by atoms with Crippen molar-refractivity contribution in [1.29, 1.82) is 0 Å². The maximum absolute atomic E-state index is 12.0. The number of rotatable bonds is 6. The molecule has 0 bridgehead atoms. The van der Waals surface area contributed by atoms with Crippen LogP contribution in [-0.4, -0.2) is 24.5 Å². The third-order valence-electron chi connectivity index (χ3n) is 3.38. The van der Waals surface area contributed by atoms with Crippen molar-refractivity contribution >= 4 is 11.9 Å². The van der Waals surface area contributed by atoms with Crippen molar-refractivity contribution in [3.8, 4) is 0 Å². The first-order chi connectivity index (χ1) is 9.00. The molecule has 5 heteroatoms. The number of primary amides is 1. The van der Waals surface area contributed by atoms with E-state index in [1.165, 1.54) is 18.4 Å². The molecule has 0 aromatic rings. The number of urea groups is 1. The number of hydrogen-bond donors (Lipinski definition) is 3. The van der Waals surface area contributed by atoms with E-state index in [9.17, 15) is 9.59 Å². The summed E-state index contributed by atoms with van der Waals surface area (Å²) >= 11 is 0. The Hall–Kier alpha value is -1.52. The topological polar surface area (TPSA) is 84.2 Å². The number of nitrogens with one attached hydrogen (secondary N) is 2. The summed E-state index contributed by atoms with van der Waals surface area (Å²) in [5.41, 5.74) is 6.50. The van der Waals surface area contributed by atoms with Crippen LogP contribution in [0.2, 0.25) is 0 Å². The van der Waals surface area contributed by atoms with Crippen LogP contribution in [0.1, 0.15) is 46.0 Å². The molecule has 0 aliphatic heterocycles. The van der Waals surface area contributed by atoms with E-state index in [-0.39, 0.29) is 11.8 Å². The van der Waals surface area contributed by atoms with Gasteiger partial charge in [-0.3, -0.25) is 4.79 Å². The normalized spacial score (nSPS) is 16.7. The summed E-state index contributed by atoms with van der Waals surface area (Å²) in [4.78, 5) is 22.8. The van der Waals surface area contributed by atoms with Crippen molar-refractivity contribution in [3.05, 3.63) is 11.6 Å². The minimum Gasteiger partial charge on any atom is -0.354 e. The molecule has 0 aromatic heterocycles. The Morgan fingerprint density at radius 2 is 2.11 bits per heavy atom. The number of allylic oxidation sites excluding steroid dienone is 1. The maximum Gasteiger partial charge on any atom is 0.312 e. The lowest BCUT2D eigenvalue weighted by atomic mass is 9.97. The van der Waals surface area contributed by atoms with Crippen molar-refractivity contribution in [2.75, 3.05) is 6.54 Å². The standard InChI is InChI=1S/C14H25N3O2/c1-10(2)12(17-14(15)19)13(18)16-9-8-11-6-4-3-5-7-11/h6,10,12H,3-5,7-9H2,1-2H3,(H,16,18)(H3,15,17,19)/t12-/m1/s1. The van der Waals surface area contributed by atoms with Crippen molar-refractivity contribution < 1.29 is 9.59 Å². The Labute approximate surface area is 115 Å². The van der Waals surface area contributed by atoms with Gasteiger partial charge in [-0.25, -0.2) is 4.79 Å². The minimum absolute atomic E-state index is 0.0152. The molecule has 0 aromatic carbocycles. The van der Waals surface area contributed by atoms with Gasteiger partial charge in [0.05, 0.1) is 0 Å². The first-order valence-corrected chi connectivity index (χ1v) is 7.02. The minimum atomic E-state index is -0.663. The lowest BCUT2D eigenvalue weighted by Crippen LogP contribution is -2.51. The molecule has 0 saturated carbocycles. The number of carbonyl (C=O) groups excluding carboxylic acids is 2. The average Bonchev–Trinajstić information content (AvgIpc) is 2.36. The molecular weight excluding hydrogens is 242 g/mol. The number of carbonyl (C=O) groups is 2. The summed E-state index contributed by atoms with van der Waals surface area (Å²) in [6.07, 6.45) is 7.99. The predicted molar refractivity (Wildman–Crippen MR) is 75.5 cm³/mol. The predicted octanol–water partition coefficient (Wildman–Crippen LogP) is 1.69. The largest absolute Gasteiger partial charge is 0.354 e. The van der Waals surface area contributed by atoms with Crippen molar-refractivity contribution in [3.63, 3.8) is 0 Å². The summed E-state index contributed by atoms with van der Waals surface area (Å²) in [5.74, 6) is -0.147. The second-order valence-corrected chi connectivity index (χ2v) is 5.38. The monoisotopic (exact) mass is 267 g/mol. The van der Waals surface area contributed by atoms with Gasteiger partial charge in [-0.1, -0.05) is 25.5 Å². The summed E-state index contributed by atoms with van der Waals surface area (Å²) in [6, 6.07) is -1.22. The van der Waals surface area contributed by atoms with Crippen LogP contribution in [0.4, 0.5) is 4.79 Å². The van der Waals surface area contributed by atoms with Crippen LogP contribution in [0, 0.1) is 5.92 Å². The van der Waals surface area contributed by atoms with Gasteiger partial charge >= 0.3 is 6.03 Å². The van der Waals surface area contributed by atoms with Crippen LogP contribution >= 0.6 is 0 Å². The molecule has 0 heterocycles. The van der Waals surface area contributed by atoms with Gasteiger partial charge in [0.2, 0.25) is 5.91 Å². The Morgan fingerprint density at radius 3 is 2.63 bits per heavy atom. The lowest BCUT2D eigenvalue weighted by molar-refractivity contribution is -0.123. The van der Waals surface area contributed by atoms with Crippen molar-refractivity contribution in [2.24, 2.45) is 11.7 Å². The molecule has 0 radical (unpaired) electrons. The molecule has 19 heavy (non-hydrogen) atoms. The quantitative estimate of drug-likeness (QED) is 0.640. The highest BCUT2D eigenvalue weighted by molar-refractivity contribution is 5.86. The van der Waals surface area contributed by atoms with Crippen molar-refractivity contribution in [2.45, 2.75) is 52.0 Å². The molecule has 1 atom stereocenters. The van der Waals surface area contributed by atoms with Crippen LogP contribution in [0.3, 0.4) is 0 Å².